The van der Waals surface area contributed by atoms with Crippen molar-refractivity contribution in [1.82, 2.24) is 9.97 Å². The second-order valence-corrected chi connectivity index (χ2v) is 3.91. The van der Waals surface area contributed by atoms with Gasteiger partial charge in [0.15, 0.2) is 5.82 Å². The molecule has 4 nitrogen and oxygen atoms in total. The Kier molecular flexibility index (Phi) is 4.98. The predicted octanol–water partition coefficient (Wildman–Crippen LogP) is 2.77. The fraction of sp³-hybridized carbons (Fsp3) is 0.600. The molecule has 0 saturated heterocycles. The second kappa shape index (κ2) is 6.02. The summed E-state index contributed by atoms with van der Waals surface area (Å²) >= 11 is 3.39. The molecule has 1 rings (SSSR count). The maximum Gasteiger partial charge on any atom is 0.159 e. The molecule has 1 aromatic heterocycles. The molecule has 1 N–H and O–H groups in total. The molecule has 1 unspecified atom stereocenters. The van der Waals surface area contributed by atoms with Gasteiger partial charge in [-0.2, -0.15) is 0 Å². The van der Waals surface area contributed by atoms with Crippen molar-refractivity contribution in [2.75, 3.05) is 18.5 Å². The van der Waals surface area contributed by atoms with Crippen molar-refractivity contribution in [3.63, 3.8) is 0 Å². The van der Waals surface area contributed by atoms with Gasteiger partial charge < -0.3 is 10.1 Å². The van der Waals surface area contributed by atoms with Gasteiger partial charge in [0.05, 0.1) is 4.47 Å². The Labute approximate surface area is 98.6 Å². The van der Waals surface area contributed by atoms with E-state index in [0.29, 0.717) is 12.4 Å². The number of anilines is 1. The minimum atomic E-state index is -0.0690. The first-order chi connectivity index (χ1) is 7.19. The molecule has 0 amide bonds. The number of halogens is 1. The zero-order valence-corrected chi connectivity index (χ0v) is 10.8. The van der Waals surface area contributed by atoms with Gasteiger partial charge in [-0.25, -0.2) is 9.97 Å². The summed E-state index contributed by atoms with van der Waals surface area (Å²) in [6.07, 6.45) is 1.68. The van der Waals surface area contributed by atoms with E-state index >= 15 is 0 Å². The number of hydrogen-bond donors (Lipinski definition) is 1. The standard InChI is InChI=1S/C10H16BrN3O/c1-4-12-10-8(11)6-13-9(14-10)7(3)15-5-2/h6-7H,4-5H2,1-3H3,(H,12,13,14). The summed E-state index contributed by atoms with van der Waals surface area (Å²) in [6, 6.07) is 0. The topological polar surface area (TPSA) is 47.0 Å². The molecule has 0 spiro atoms. The lowest BCUT2D eigenvalue weighted by Crippen LogP contribution is -2.08. The highest BCUT2D eigenvalue weighted by molar-refractivity contribution is 9.10. The Morgan fingerprint density at radius 2 is 2.27 bits per heavy atom. The summed E-state index contributed by atoms with van der Waals surface area (Å²) in [5.74, 6) is 1.52. The molecule has 0 aliphatic rings. The maximum atomic E-state index is 5.43. The molecule has 0 fully saturated rings. The number of aromatic nitrogens is 2. The van der Waals surface area contributed by atoms with Gasteiger partial charge in [0.2, 0.25) is 0 Å². The number of ether oxygens (including phenoxy) is 1. The van der Waals surface area contributed by atoms with E-state index < -0.39 is 0 Å². The first-order valence-electron chi connectivity index (χ1n) is 5.06. The van der Waals surface area contributed by atoms with Crippen molar-refractivity contribution < 1.29 is 4.74 Å². The monoisotopic (exact) mass is 273 g/mol. The van der Waals surface area contributed by atoms with Crippen LogP contribution in [-0.4, -0.2) is 23.1 Å². The average Bonchev–Trinajstić information content (AvgIpc) is 2.22. The van der Waals surface area contributed by atoms with Crippen LogP contribution in [0.25, 0.3) is 0 Å². The Hall–Kier alpha value is -0.680. The van der Waals surface area contributed by atoms with Gasteiger partial charge in [0.25, 0.3) is 0 Å². The molecule has 0 radical (unpaired) electrons. The van der Waals surface area contributed by atoms with Crippen LogP contribution in [0.2, 0.25) is 0 Å². The number of hydrogen-bond acceptors (Lipinski definition) is 4. The van der Waals surface area contributed by atoms with Gasteiger partial charge in [0, 0.05) is 19.3 Å². The third-order valence-corrected chi connectivity index (χ3v) is 2.47. The minimum absolute atomic E-state index is 0.0690. The van der Waals surface area contributed by atoms with Crippen LogP contribution in [0.1, 0.15) is 32.7 Å². The van der Waals surface area contributed by atoms with Gasteiger partial charge in [-0.3, -0.25) is 0 Å². The van der Waals surface area contributed by atoms with Crippen LogP contribution in [0.5, 0.6) is 0 Å². The Morgan fingerprint density at radius 3 is 2.87 bits per heavy atom. The van der Waals surface area contributed by atoms with Crippen molar-refractivity contribution in [3.8, 4) is 0 Å². The molecule has 0 aliphatic heterocycles. The fourth-order valence-corrected chi connectivity index (χ4v) is 1.52. The Morgan fingerprint density at radius 1 is 1.53 bits per heavy atom. The van der Waals surface area contributed by atoms with Crippen molar-refractivity contribution in [3.05, 3.63) is 16.5 Å². The van der Waals surface area contributed by atoms with Crippen LogP contribution < -0.4 is 5.32 Å². The quantitative estimate of drug-likeness (QED) is 0.896. The van der Waals surface area contributed by atoms with Crippen LogP contribution in [-0.2, 0) is 4.74 Å². The van der Waals surface area contributed by atoms with Gasteiger partial charge in [-0.1, -0.05) is 0 Å². The lowest BCUT2D eigenvalue weighted by Gasteiger charge is -2.12. The van der Waals surface area contributed by atoms with Crippen molar-refractivity contribution >= 4 is 21.7 Å². The van der Waals surface area contributed by atoms with Gasteiger partial charge in [-0.15, -0.1) is 0 Å². The number of rotatable bonds is 5. The molecule has 0 aliphatic carbocycles. The van der Waals surface area contributed by atoms with E-state index in [4.69, 9.17) is 4.74 Å². The molecule has 0 aromatic carbocycles. The van der Waals surface area contributed by atoms with Gasteiger partial charge in [0.1, 0.15) is 11.9 Å². The van der Waals surface area contributed by atoms with Crippen LogP contribution in [0.3, 0.4) is 0 Å². The molecule has 1 heterocycles. The zero-order valence-electron chi connectivity index (χ0n) is 9.25. The van der Waals surface area contributed by atoms with Crippen LogP contribution >= 0.6 is 15.9 Å². The van der Waals surface area contributed by atoms with Gasteiger partial charge >= 0.3 is 0 Å². The normalized spacial score (nSPS) is 12.5. The summed E-state index contributed by atoms with van der Waals surface area (Å²) in [5.41, 5.74) is 0. The first kappa shape index (κ1) is 12.4. The first-order valence-corrected chi connectivity index (χ1v) is 5.86. The summed E-state index contributed by atoms with van der Waals surface area (Å²) in [6.45, 7) is 7.43. The van der Waals surface area contributed by atoms with E-state index in [1.165, 1.54) is 0 Å². The highest BCUT2D eigenvalue weighted by atomic mass is 79.9. The van der Waals surface area contributed by atoms with Crippen molar-refractivity contribution in [2.45, 2.75) is 26.9 Å². The second-order valence-electron chi connectivity index (χ2n) is 3.05. The highest BCUT2D eigenvalue weighted by Crippen LogP contribution is 2.21. The number of nitrogens with one attached hydrogen (secondary N) is 1. The van der Waals surface area contributed by atoms with E-state index in [-0.39, 0.29) is 6.10 Å². The SMILES string of the molecule is CCNc1nc(C(C)OCC)ncc1Br. The highest BCUT2D eigenvalue weighted by Gasteiger charge is 2.10. The molecule has 1 atom stereocenters. The van der Waals surface area contributed by atoms with E-state index in [2.05, 4.69) is 31.2 Å². The molecule has 5 heteroatoms. The summed E-state index contributed by atoms with van der Waals surface area (Å²) in [4.78, 5) is 8.60. The number of nitrogens with zero attached hydrogens (tertiary/aromatic N) is 2. The fourth-order valence-electron chi connectivity index (χ4n) is 1.19. The van der Waals surface area contributed by atoms with Crippen LogP contribution in [0.4, 0.5) is 5.82 Å². The minimum Gasteiger partial charge on any atom is -0.371 e. The molecular formula is C10H16BrN3O. The molecule has 1 aromatic rings. The summed E-state index contributed by atoms with van der Waals surface area (Å²) < 4.78 is 6.30. The Bertz CT molecular complexity index is 320. The molecule has 15 heavy (non-hydrogen) atoms. The van der Waals surface area contributed by atoms with Crippen LogP contribution in [0, 0.1) is 0 Å². The third kappa shape index (κ3) is 3.43. The smallest absolute Gasteiger partial charge is 0.159 e. The predicted molar refractivity (Wildman–Crippen MR) is 63.9 cm³/mol. The third-order valence-electron chi connectivity index (χ3n) is 1.89. The average molecular weight is 274 g/mol. The molecule has 84 valence electrons. The largest absolute Gasteiger partial charge is 0.371 e. The lowest BCUT2D eigenvalue weighted by atomic mass is 10.3. The summed E-state index contributed by atoms with van der Waals surface area (Å²) in [5, 5.41) is 3.16. The molecule has 0 bridgehead atoms. The van der Waals surface area contributed by atoms with E-state index in [9.17, 15) is 0 Å². The van der Waals surface area contributed by atoms with Crippen molar-refractivity contribution in [2.24, 2.45) is 0 Å². The van der Waals surface area contributed by atoms with Crippen LogP contribution in [0.15, 0.2) is 10.7 Å². The van der Waals surface area contributed by atoms with E-state index in [0.717, 1.165) is 16.8 Å². The molecule has 0 saturated carbocycles. The van der Waals surface area contributed by atoms with Crippen molar-refractivity contribution in [1.29, 1.82) is 0 Å². The lowest BCUT2D eigenvalue weighted by molar-refractivity contribution is 0.0701. The van der Waals surface area contributed by atoms with E-state index in [1.807, 2.05) is 20.8 Å². The molecular weight excluding hydrogens is 258 g/mol. The zero-order chi connectivity index (χ0) is 11.3. The Balaban J connectivity index is 2.86. The summed E-state index contributed by atoms with van der Waals surface area (Å²) in [7, 11) is 0. The van der Waals surface area contributed by atoms with E-state index in [1.54, 1.807) is 6.20 Å². The maximum absolute atomic E-state index is 5.43. The van der Waals surface area contributed by atoms with Gasteiger partial charge in [-0.05, 0) is 36.7 Å².